The largest absolute Gasteiger partial charge is 0.382 e. The van der Waals surface area contributed by atoms with E-state index in [1.54, 1.807) is 7.11 Å². The summed E-state index contributed by atoms with van der Waals surface area (Å²) in [5, 5.41) is 0.737. The number of hydrogen-bond donors (Lipinski definition) is 1. The fourth-order valence-corrected chi connectivity index (χ4v) is 1.19. The van der Waals surface area contributed by atoms with Crippen LogP contribution < -0.4 is 5.48 Å². The molecular formula is C10H14ClNO2. The summed E-state index contributed by atoms with van der Waals surface area (Å²) < 4.78 is 4.83. The van der Waals surface area contributed by atoms with Crippen LogP contribution >= 0.6 is 11.6 Å². The van der Waals surface area contributed by atoms with Gasteiger partial charge in [0.1, 0.15) is 0 Å². The summed E-state index contributed by atoms with van der Waals surface area (Å²) in [6.45, 7) is 1.77. The summed E-state index contributed by atoms with van der Waals surface area (Å²) in [7, 11) is 1.64. The summed E-state index contributed by atoms with van der Waals surface area (Å²) in [6, 6.07) is 7.64. The SMILES string of the molecule is COCCONCc1cccc(Cl)c1. The molecule has 1 N–H and O–H groups in total. The molecule has 0 unspecified atom stereocenters. The Morgan fingerprint density at radius 3 is 2.93 bits per heavy atom. The summed E-state index contributed by atoms with van der Waals surface area (Å²) in [5.74, 6) is 0. The molecule has 0 bridgehead atoms. The van der Waals surface area contributed by atoms with E-state index in [4.69, 9.17) is 21.2 Å². The molecule has 4 heteroatoms. The highest BCUT2D eigenvalue weighted by atomic mass is 35.5. The fourth-order valence-electron chi connectivity index (χ4n) is 0.978. The lowest BCUT2D eigenvalue weighted by Gasteiger charge is -2.05. The van der Waals surface area contributed by atoms with E-state index >= 15 is 0 Å². The van der Waals surface area contributed by atoms with Gasteiger partial charge in [0, 0.05) is 18.7 Å². The first-order valence-electron chi connectivity index (χ1n) is 4.41. The van der Waals surface area contributed by atoms with Crippen LogP contribution in [-0.2, 0) is 16.1 Å². The Hall–Kier alpha value is -0.610. The van der Waals surface area contributed by atoms with Crippen molar-refractivity contribution in [2.75, 3.05) is 20.3 Å². The summed E-state index contributed by atoms with van der Waals surface area (Å²) in [5.41, 5.74) is 3.92. The van der Waals surface area contributed by atoms with Gasteiger partial charge in [-0.3, -0.25) is 4.84 Å². The van der Waals surface area contributed by atoms with Crippen LogP contribution in [0, 0.1) is 0 Å². The van der Waals surface area contributed by atoms with Gasteiger partial charge in [0.15, 0.2) is 0 Å². The molecule has 1 aromatic rings. The van der Waals surface area contributed by atoms with Gasteiger partial charge in [0.2, 0.25) is 0 Å². The van der Waals surface area contributed by atoms with Gasteiger partial charge < -0.3 is 4.74 Å². The van der Waals surface area contributed by atoms with Crippen LogP contribution in [0.4, 0.5) is 0 Å². The molecule has 0 fully saturated rings. The Balaban J connectivity index is 2.18. The van der Waals surface area contributed by atoms with Crippen molar-refractivity contribution < 1.29 is 9.57 Å². The smallest absolute Gasteiger partial charge is 0.0916 e. The Labute approximate surface area is 88.9 Å². The van der Waals surface area contributed by atoms with Gasteiger partial charge in [-0.15, -0.1) is 0 Å². The molecule has 78 valence electrons. The monoisotopic (exact) mass is 215 g/mol. The van der Waals surface area contributed by atoms with E-state index in [1.807, 2.05) is 24.3 Å². The Bertz CT molecular complexity index is 268. The first-order chi connectivity index (χ1) is 6.83. The third kappa shape index (κ3) is 4.58. The lowest BCUT2D eigenvalue weighted by Crippen LogP contribution is -2.17. The third-order valence-corrected chi connectivity index (χ3v) is 1.89. The first-order valence-corrected chi connectivity index (χ1v) is 4.79. The Morgan fingerprint density at radius 1 is 1.36 bits per heavy atom. The van der Waals surface area contributed by atoms with E-state index in [0.717, 1.165) is 10.6 Å². The van der Waals surface area contributed by atoms with Crippen molar-refractivity contribution in [2.24, 2.45) is 0 Å². The molecule has 0 radical (unpaired) electrons. The topological polar surface area (TPSA) is 30.5 Å². The first kappa shape index (κ1) is 11.5. The fraction of sp³-hybridized carbons (Fsp3) is 0.400. The number of methoxy groups -OCH3 is 1. The highest BCUT2D eigenvalue weighted by molar-refractivity contribution is 6.30. The molecule has 0 atom stereocenters. The van der Waals surface area contributed by atoms with E-state index in [-0.39, 0.29) is 0 Å². The molecule has 0 aromatic heterocycles. The maximum atomic E-state index is 5.82. The lowest BCUT2D eigenvalue weighted by atomic mass is 10.2. The van der Waals surface area contributed by atoms with Crippen LogP contribution in [0.15, 0.2) is 24.3 Å². The van der Waals surface area contributed by atoms with E-state index < -0.39 is 0 Å². The van der Waals surface area contributed by atoms with Crippen molar-refractivity contribution in [3.8, 4) is 0 Å². The predicted octanol–water partition coefficient (Wildman–Crippen LogP) is 2.01. The van der Waals surface area contributed by atoms with Crippen LogP contribution in [0.1, 0.15) is 5.56 Å². The Morgan fingerprint density at radius 2 is 2.21 bits per heavy atom. The highest BCUT2D eigenvalue weighted by Gasteiger charge is 1.93. The highest BCUT2D eigenvalue weighted by Crippen LogP contribution is 2.09. The maximum absolute atomic E-state index is 5.82. The maximum Gasteiger partial charge on any atom is 0.0916 e. The van der Waals surface area contributed by atoms with Gasteiger partial charge in [-0.05, 0) is 17.7 Å². The molecule has 0 saturated heterocycles. The molecule has 14 heavy (non-hydrogen) atoms. The quantitative estimate of drug-likeness (QED) is 0.582. The summed E-state index contributed by atoms with van der Waals surface area (Å²) in [4.78, 5) is 5.10. The van der Waals surface area contributed by atoms with Crippen LogP contribution in [-0.4, -0.2) is 20.3 Å². The lowest BCUT2D eigenvalue weighted by molar-refractivity contribution is 0.00347. The molecule has 0 amide bonds. The molecule has 0 heterocycles. The number of benzene rings is 1. The number of ether oxygens (including phenoxy) is 1. The second-order valence-corrected chi connectivity index (χ2v) is 3.23. The number of rotatable bonds is 6. The van der Waals surface area contributed by atoms with Crippen molar-refractivity contribution >= 4 is 11.6 Å². The van der Waals surface area contributed by atoms with Gasteiger partial charge in [0.25, 0.3) is 0 Å². The molecule has 1 aromatic carbocycles. The number of nitrogens with one attached hydrogen (secondary N) is 1. The number of hydroxylamine groups is 1. The molecule has 1 rings (SSSR count). The second-order valence-electron chi connectivity index (χ2n) is 2.79. The average Bonchev–Trinajstić information content (AvgIpc) is 2.18. The zero-order chi connectivity index (χ0) is 10.2. The predicted molar refractivity (Wildman–Crippen MR) is 56.1 cm³/mol. The Kier molecular flexibility index (Phi) is 5.56. The second kappa shape index (κ2) is 6.79. The standard InChI is InChI=1S/C10H14ClNO2/c1-13-5-6-14-12-8-9-3-2-4-10(11)7-9/h2-4,7,12H,5-6,8H2,1H3. The van der Waals surface area contributed by atoms with E-state index in [1.165, 1.54) is 0 Å². The van der Waals surface area contributed by atoms with E-state index in [0.29, 0.717) is 19.8 Å². The molecule has 0 saturated carbocycles. The zero-order valence-electron chi connectivity index (χ0n) is 8.13. The molecule has 3 nitrogen and oxygen atoms in total. The number of halogens is 1. The van der Waals surface area contributed by atoms with Gasteiger partial charge in [-0.1, -0.05) is 23.7 Å². The van der Waals surface area contributed by atoms with Crippen LogP contribution in [0.2, 0.25) is 5.02 Å². The zero-order valence-corrected chi connectivity index (χ0v) is 8.88. The number of hydrogen-bond acceptors (Lipinski definition) is 3. The van der Waals surface area contributed by atoms with Gasteiger partial charge in [0.05, 0.1) is 13.2 Å². The van der Waals surface area contributed by atoms with Crippen LogP contribution in [0.25, 0.3) is 0 Å². The minimum Gasteiger partial charge on any atom is -0.382 e. The summed E-state index contributed by atoms with van der Waals surface area (Å²) >= 11 is 5.82. The van der Waals surface area contributed by atoms with Crippen LogP contribution in [0.5, 0.6) is 0 Å². The van der Waals surface area contributed by atoms with Gasteiger partial charge in [-0.2, -0.15) is 5.48 Å². The molecule has 0 aliphatic rings. The van der Waals surface area contributed by atoms with Crippen molar-refractivity contribution in [1.82, 2.24) is 5.48 Å². The van der Waals surface area contributed by atoms with Crippen molar-refractivity contribution in [3.63, 3.8) is 0 Å². The van der Waals surface area contributed by atoms with Crippen molar-refractivity contribution in [2.45, 2.75) is 6.54 Å². The van der Waals surface area contributed by atoms with E-state index in [2.05, 4.69) is 5.48 Å². The van der Waals surface area contributed by atoms with Crippen LogP contribution in [0.3, 0.4) is 0 Å². The minimum absolute atomic E-state index is 0.539. The van der Waals surface area contributed by atoms with Crippen molar-refractivity contribution in [3.05, 3.63) is 34.9 Å². The van der Waals surface area contributed by atoms with E-state index in [9.17, 15) is 0 Å². The van der Waals surface area contributed by atoms with Crippen molar-refractivity contribution in [1.29, 1.82) is 0 Å². The molecule has 0 aliphatic carbocycles. The normalized spacial score (nSPS) is 10.4. The molecule has 0 aliphatic heterocycles. The average molecular weight is 216 g/mol. The third-order valence-electron chi connectivity index (χ3n) is 1.66. The van der Waals surface area contributed by atoms with Gasteiger partial charge in [-0.25, -0.2) is 0 Å². The molecule has 0 spiro atoms. The molecular weight excluding hydrogens is 202 g/mol. The summed E-state index contributed by atoms with van der Waals surface area (Å²) in [6.07, 6.45) is 0. The minimum atomic E-state index is 0.539. The van der Waals surface area contributed by atoms with Gasteiger partial charge >= 0.3 is 0 Å².